The molecule has 0 spiro atoms. The van der Waals surface area contributed by atoms with Crippen molar-refractivity contribution < 1.29 is 28.9 Å². The molecule has 0 bridgehead atoms. The second-order valence-electron chi connectivity index (χ2n) is 5.95. The van der Waals surface area contributed by atoms with Crippen molar-refractivity contribution in [3.8, 4) is 17.2 Å². The number of halogens is 1. The molecule has 0 saturated carbocycles. The van der Waals surface area contributed by atoms with Crippen molar-refractivity contribution in [3.05, 3.63) is 52.5 Å². The van der Waals surface area contributed by atoms with Gasteiger partial charge in [-0.3, -0.25) is 9.59 Å². The lowest BCUT2D eigenvalue weighted by Gasteiger charge is -2.15. The van der Waals surface area contributed by atoms with Crippen LogP contribution in [0.3, 0.4) is 0 Å². The Balaban J connectivity index is 1.68. The van der Waals surface area contributed by atoms with E-state index in [0.717, 1.165) is 5.56 Å². The van der Waals surface area contributed by atoms with Gasteiger partial charge in [-0.15, -0.1) is 0 Å². The monoisotopic (exact) mass is 391 g/mol. The molecule has 0 aliphatic carbocycles. The number of nitrogens with one attached hydrogen (secondary N) is 1. The number of carbonyl (C=O) groups excluding carboxylic acids is 1. The number of carbonyl (C=O) groups is 2. The second kappa shape index (κ2) is 8.18. The summed E-state index contributed by atoms with van der Waals surface area (Å²) in [7, 11) is 1.53. The maximum absolute atomic E-state index is 12.4. The lowest BCUT2D eigenvalue weighted by atomic mass is 9.98. The summed E-state index contributed by atoms with van der Waals surface area (Å²) in [5.74, 6) is -0.872. The molecule has 27 heavy (non-hydrogen) atoms. The van der Waals surface area contributed by atoms with E-state index in [1.165, 1.54) is 19.2 Å². The number of ether oxygens (including phenoxy) is 3. The number of hydrogen-bond donors (Lipinski definition) is 2. The summed E-state index contributed by atoms with van der Waals surface area (Å²) < 4.78 is 15.7. The average molecular weight is 392 g/mol. The Kier molecular flexibility index (Phi) is 5.71. The molecule has 1 atom stereocenters. The minimum absolute atomic E-state index is 0.0418. The summed E-state index contributed by atoms with van der Waals surface area (Å²) in [6.45, 7) is -0.00159. The zero-order chi connectivity index (χ0) is 19.4. The van der Waals surface area contributed by atoms with E-state index >= 15 is 0 Å². The number of carboxylic acid groups (broad SMARTS) is 1. The first-order chi connectivity index (χ1) is 13.0. The van der Waals surface area contributed by atoms with Crippen LogP contribution in [0.5, 0.6) is 17.2 Å². The van der Waals surface area contributed by atoms with Crippen LogP contribution in [0.15, 0.2) is 36.4 Å². The highest BCUT2D eigenvalue weighted by atomic mass is 35.5. The Morgan fingerprint density at radius 1 is 1.30 bits per heavy atom. The summed E-state index contributed by atoms with van der Waals surface area (Å²) in [6.07, 6.45) is 0.224. The first-order valence-corrected chi connectivity index (χ1v) is 8.59. The normalized spacial score (nSPS) is 13.1. The molecule has 0 radical (unpaired) electrons. The predicted molar refractivity (Wildman–Crippen MR) is 97.7 cm³/mol. The van der Waals surface area contributed by atoms with E-state index in [1.807, 2.05) is 12.1 Å². The maximum Gasteiger partial charge on any atom is 0.308 e. The molecule has 7 nitrogen and oxygen atoms in total. The topological polar surface area (TPSA) is 94.1 Å². The van der Waals surface area contributed by atoms with Crippen molar-refractivity contribution in [2.45, 2.75) is 6.42 Å². The number of para-hydroxylation sites is 1. The van der Waals surface area contributed by atoms with E-state index in [9.17, 15) is 14.7 Å². The van der Waals surface area contributed by atoms with Crippen LogP contribution in [0.25, 0.3) is 0 Å². The van der Waals surface area contributed by atoms with E-state index in [0.29, 0.717) is 17.2 Å². The number of aliphatic carboxylic acids is 1. The lowest BCUT2D eigenvalue weighted by Crippen LogP contribution is -2.34. The van der Waals surface area contributed by atoms with Gasteiger partial charge in [-0.1, -0.05) is 29.8 Å². The number of fused-ring (bicyclic) bond motifs is 1. The van der Waals surface area contributed by atoms with Crippen molar-refractivity contribution in [2.75, 3.05) is 20.4 Å². The Morgan fingerprint density at radius 2 is 2.07 bits per heavy atom. The van der Waals surface area contributed by atoms with Crippen molar-refractivity contribution in [1.29, 1.82) is 0 Å². The second-order valence-corrected chi connectivity index (χ2v) is 6.36. The molecule has 0 aromatic heterocycles. The maximum atomic E-state index is 12.4. The van der Waals surface area contributed by atoms with Crippen LogP contribution >= 0.6 is 11.6 Å². The van der Waals surface area contributed by atoms with Gasteiger partial charge in [-0.2, -0.15) is 0 Å². The van der Waals surface area contributed by atoms with Gasteiger partial charge in [0.25, 0.3) is 5.91 Å². The first-order valence-electron chi connectivity index (χ1n) is 8.21. The van der Waals surface area contributed by atoms with Crippen LogP contribution in [-0.2, 0) is 11.2 Å². The van der Waals surface area contributed by atoms with E-state index in [1.54, 1.807) is 12.1 Å². The quantitative estimate of drug-likeness (QED) is 0.753. The van der Waals surface area contributed by atoms with Gasteiger partial charge in [0.2, 0.25) is 6.79 Å². The minimum Gasteiger partial charge on any atom is -0.496 e. The van der Waals surface area contributed by atoms with Crippen molar-refractivity contribution >= 4 is 23.5 Å². The molecule has 0 saturated heterocycles. The van der Waals surface area contributed by atoms with Gasteiger partial charge in [0.1, 0.15) is 5.75 Å². The minimum atomic E-state index is -1.01. The Bertz CT molecular complexity index is 869. The van der Waals surface area contributed by atoms with Gasteiger partial charge < -0.3 is 24.6 Å². The molecule has 2 aromatic rings. The largest absolute Gasteiger partial charge is 0.496 e. The molecular weight excluding hydrogens is 374 g/mol. The summed E-state index contributed by atoms with van der Waals surface area (Å²) >= 11 is 6.08. The highest BCUT2D eigenvalue weighted by Gasteiger charge is 2.23. The SMILES string of the molecule is COc1ccccc1CC(CNC(=O)c1cc(Cl)c2c(c1)OCO2)C(=O)O. The highest BCUT2D eigenvalue weighted by molar-refractivity contribution is 6.32. The van der Waals surface area contributed by atoms with Gasteiger partial charge in [-0.05, 0) is 30.2 Å². The van der Waals surface area contributed by atoms with E-state index < -0.39 is 17.8 Å². The molecule has 0 fully saturated rings. The van der Waals surface area contributed by atoms with Crippen molar-refractivity contribution in [3.63, 3.8) is 0 Å². The molecule has 3 rings (SSSR count). The molecule has 1 aliphatic heterocycles. The average Bonchev–Trinajstić information content (AvgIpc) is 3.14. The van der Waals surface area contributed by atoms with Gasteiger partial charge in [0.15, 0.2) is 11.5 Å². The molecule has 2 aromatic carbocycles. The molecule has 1 aliphatic rings. The Hall–Kier alpha value is -2.93. The van der Waals surface area contributed by atoms with Crippen LogP contribution in [0.2, 0.25) is 5.02 Å². The van der Waals surface area contributed by atoms with Gasteiger partial charge in [0.05, 0.1) is 18.1 Å². The first kappa shape index (κ1) is 18.8. The van der Waals surface area contributed by atoms with E-state index in [2.05, 4.69) is 5.32 Å². The zero-order valence-electron chi connectivity index (χ0n) is 14.5. The van der Waals surface area contributed by atoms with Gasteiger partial charge in [-0.25, -0.2) is 0 Å². The number of rotatable bonds is 7. The van der Waals surface area contributed by atoms with E-state index in [-0.39, 0.29) is 30.3 Å². The third-order valence-electron chi connectivity index (χ3n) is 4.21. The van der Waals surface area contributed by atoms with Crippen molar-refractivity contribution in [2.24, 2.45) is 5.92 Å². The third kappa shape index (κ3) is 4.25. The smallest absolute Gasteiger partial charge is 0.308 e. The van der Waals surface area contributed by atoms with E-state index in [4.69, 9.17) is 25.8 Å². The summed E-state index contributed by atoms with van der Waals surface area (Å²) in [5.41, 5.74) is 1.03. The standard InChI is InChI=1S/C19H18ClNO6/c1-25-15-5-3-2-4-11(15)6-13(19(23)24)9-21-18(22)12-7-14(20)17-16(8-12)26-10-27-17/h2-5,7-8,13H,6,9-10H2,1H3,(H,21,22)(H,23,24). The predicted octanol–water partition coefficient (Wildman–Crippen LogP) is 2.75. The van der Waals surface area contributed by atoms with Crippen LogP contribution in [0.4, 0.5) is 0 Å². The fourth-order valence-electron chi connectivity index (χ4n) is 2.80. The zero-order valence-corrected chi connectivity index (χ0v) is 15.3. The fraction of sp³-hybridized carbons (Fsp3) is 0.263. The fourth-order valence-corrected chi connectivity index (χ4v) is 3.07. The van der Waals surface area contributed by atoms with Crippen LogP contribution in [0, 0.1) is 5.92 Å². The number of hydrogen-bond acceptors (Lipinski definition) is 5. The van der Waals surface area contributed by atoms with Gasteiger partial charge in [0, 0.05) is 12.1 Å². The number of carboxylic acids is 1. The Labute approximate surface area is 160 Å². The molecule has 142 valence electrons. The van der Waals surface area contributed by atoms with Crippen LogP contribution in [0.1, 0.15) is 15.9 Å². The summed E-state index contributed by atoms with van der Waals surface area (Å²) in [5, 5.41) is 12.4. The third-order valence-corrected chi connectivity index (χ3v) is 4.49. The van der Waals surface area contributed by atoms with Crippen LogP contribution in [-0.4, -0.2) is 37.4 Å². The molecule has 2 N–H and O–H groups in total. The molecule has 1 heterocycles. The summed E-state index contributed by atoms with van der Waals surface area (Å²) in [6, 6.07) is 10.2. The molecular formula is C19H18ClNO6. The summed E-state index contributed by atoms with van der Waals surface area (Å²) in [4.78, 5) is 24.0. The van der Waals surface area contributed by atoms with Crippen molar-refractivity contribution in [1.82, 2.24) is 5.32 Å². The lowest BCUT2D eigenvalue weighted by molar-refractivity contribution is -0.141. The number of methoxy groups -OCH3 is 1. The molecule has 8 heteroatoms. The molecule has 1 unspecified atom stereocenters. The Morgan fingerprint density at radius 3 is 2.81 bits per heavy atom. The van der Waals surface area contributed by atoms with Crippen LogP contribution < -0.4 is 19.5 Å². The number of benzene rings is 2. The van der Waals surface area contributed by atoms with Gasteiger partial charge >= 0.3 is 5.97 Å². The number of amides is 1. The molecule has 1 amide bonds. The highest BCUT2D eigenvalue weighted by Crippen LogP contribution is 2.39.